The van der Waals surface area contributed by atoms with E-state index in [1.165, 1.54) is 0 Å². The first-order valence-electron chi connectivity index (χ1n) is 9.82. The summed E-state index contributed by atoms with van der Waals surface area (Å²) in [5, 5.41) is 0.854. The molecule has 0 saturated carbocycles. The molecule has 0 bridgehead atoms. The summed E-state index contributed by atoms with van der Waals surface area (Å²) in [4.78, 5) is 8.09. The van der Waals surface area contributed by atoms with E-state index in [-0.39, 0.29) is 12.6 Å². The molecule has 0 saturated heterocycles. The summed E-state index contributed by atoms with van der Waals surface area (Å²) in [6.45, 7) is 0.235. The lowest BCUT2D eigenvalue weighted by Crippen LogP contribution is -2.04. The number of nitrogen functional groups attached to an aromatic ring is 2. The van der Waals surface area contributed by atoms with Crippen molar-refractivity contribution in [2.24, 2.45) is 0 Å². The molecule has 4 N–H and O–H groups in total. The zero-order chi connectivity index (χ0) is 22.7. The molecule has 32 heavy (non-hydrogen) atoms. The Balaban J connectivity index is 1.69. The molecule has 0 aliphatic heterocycles. The number of methoxy groups -OCH3 is 3. The van der Waals surface area contributed by atoms with Gasteiger partial charge in [-0.15, -0.1) is 0 Å². The minimum Gasteiger partial charge on any atom is -0.497 e. The number of hydrogen-bond donors (Lipinski definition) is 2. The number of furan rings is 1. The highest BCUT2D eigenvalue weighted by molar-refractivity contribution is 5.90. The molecule has 166 valence electrons. The lowest BCUT2D eigenvalue weighted by Gasteiger charge is -2.12. The Morgan fingerprint density at radius 1 is 0.906 bits per heavy atom. The largest absolute Gasteiger partial charge is 0.497 e. The van der Waals surface area contributed by atoms with Gasteiger partial charge in [0.05, 0.1) is 21.3 Å². The number of nitrogens with zero attached hydrogens (tertiary/aromatic N) is 2. The van der Waals surface area contributed by atoms with Crippen molar-refractivity contribution in [3.63, 3.8) is 0 Å². The summed E-state index contributed by atoms with van der Waals surface area (Å²) in [6, 6.07) is 11.1. The van der Waals surface area contributed by atoms with Crippen molar-refractivity contribution in [3.8, 4) is 23.0 Å². The fourth-order valence-electron chi connectivity index (χ4n) is 3.43. The van der Waals surface area contributed by atoms with Gasteiger partial charge in [0.25, 0.3) is 0 Å². The third kappa shape index (κ3) is 4.18. The molecular formula is C23H24N4O5. The van der Waals surface area contributed by atoms with Crippen LogP contribution in [0, 0.1) is 0 Å². The third-order valence-corrected chi connectivity index (χ3v) is 5.03. The molecule has 9 nitrogen and oxygen atoms in total. The van der Waals surface area contributed by atoms with Crippen LogP contribution in [-0.2, 0) is 13.0 Å². The molecule has 0 aliphatic carbocycles. The zero-order valence-electron chi connectivity index (χ0n) is 18.0. The number of nitrogens with two attached hydrogens (primary N) is 2. The van der Waals surface area contributed by atoms with Crippen LogP contribution in [0.3, 0.4) is 0 Å². The van der Waals surface area contributed by atoms with E-state index in [9.17, 15) is 0 Å². The molecule has 4 aromatic rings. The average Bonchev–Trinajstić information content (AvgIpc) is 3.23. The molecule has 0 fully saturated rings. The second-order valence-electron chi connectivity index (χ2n) is 7.01. The van der Waals surface area contributed by atoms with Crippen molar-refractivity contribution in [1.29, 1.82) is 0 Å². The van der Waals surface area contributed by atoms with Gasteiger partial charge in [-0.25, -0.2) is 4.98 Å². The molecule has 2 aromatic carbocycles. The summed E-state index contributed by atoms with van der Waals surface area (Å²) in [5.74, 6) is 3.59. The summed E-state index contributed by atoms with van der Waals surface area (Å²) >= 11 is 0. The first kappa shape index (κ1) is 21.1. The van der Waals surface area contributed by atoms with Gasteiger partial charge in [-0.1, -0.05) is 0 Å². The van der Waals surface area contributed by atoms with Gasteiger partial charge in [0.1, 0.15) is 29.7 Å². The predicted molar refractivity (Wildman–Crippen MR) is 120 cm³/mol. The Labute approximate surface area is 184 Å². The molecule has 0 radical (unpaired) electrons. The van der Waals surface area contributed by atoms with Crippen LogP contribution in [0.5, 0.6) is 23.0 Å². The topological polar surface area (TPSA) is 128 Å². The van der Waals surface area contributed by atoms with E-state index in [1.54, 1.807) is 27.5 Å². The molecule has 4 rings (SSSR count). The molecule has 9 heteroatoms. The maximum atomic E-state index is 6.09. The Morgan fingerprint density at radius 3 is 2.31 bits per heavy atom. The Morgan fingerprint density at radius 2 is 1.66 bits per heavy atom. The van der Waals surface area contributed by atoms with E-state index in [1.807, 2.05) is 36.4 Å². The summed E-state index contributed by atoms with van der Waals surface area (Å²) in [7, 11) is 4.76. The first-order chi connectivity index (χ1) is 15.5. The highest BCUT2D eigenvalue weighted by Gasteiger charge is 2.20. The SMILES string of the molecule is COc1ccc(OCc2cc3c(Cc4cnc(N)nc4N)cc(OC)c(OC)c3o2)cc1. The number of ether oxygens (including phenoxy) is 4. The number of hydrogen-bond acceptors (Lipinski definition) is 9. The summed E-state index contributed by atoms with van der Waals surface area (Å²) in [5.41, 5.74) is 13.9. The van der Waals surface area contributed by atoms with Crippen molar-refractivity contribution < 1.29 is 23.4 Å². The molecule has 0 amide bonds. The molecule has 0 spiro atoms. The number of benzene rings is 2. The van der Waals surface area contributed by atoms with E-state index in [4.69, 9.17) is 34.8 Å². The van der Waals surface area contributed by atoms with Crippen LogP contribution in [-0.4, -0.2) is 31.3 Å². The highest BCUT2D eigenvalue weighted by Crippen LogP contribution is 2.40. The van der Waals surface area contributed by atoms with Crippen molar-refractivity contribution in [3.05, 3.63) is 59.5 Å². The number of rotatable bonds is 8. The van der Waals surface area contributed by atoms with Crippen LogP contribution in [0.4, 0.5) is 11.8 Å². The monoisotopic (exact) mass is 436 g/mol. The van der Waals surface area contributed by atoms with Gasteiger partial charge >= 0.3 is 0 Å². The minimum atomic E-state index is 0.130. The summed E-state index contributed by atoms with van der Waals surface area (Å²) < 4.78 is 28.2. The standard InChI is InChI=1S/C23H24N4O5/c1-28-15-4-6-16(7-5-15)31-12-17-10-18-13(8-14-11-26-23(25)27-22(14)24)9-19(29-2)21(30-3)20(18)32-17/h4-7,9-11H,8,12H2,1-3H3,(H4,24,25,26,27). The Hall–Kier alpha value is -4.14. The van der Waals surface area contributed by atoms with Crippen LogP contribution in [0.15, 0.2) is 47.0 Å². The fourth-order valence-corrected chi connectivity index (χ4v) is 3.43. The van der Waals surface area contributed by atoms with E-state index in [0.717, 1.165) is 22.3 Å². The fraction of sp³-hybridized carbons (Fsp3) is 0.217. The molecular weight excluding hydrogens is 412 g/mol. The van der Waals surface area contributed by atoms with Crippen molar-refractivity contribution in [1.82, 2.24) is 9.97 Å². The van der Waals surface area contributed by atoms with Gasteiger partial charge < -0.3 is 34.8 Å². The van der Waals surface area contributed by atoms with E-state index >= 15 is 0 Å². The molecule has 2 aromatic heterocycles. The van der Waals surface area contributed by atoms with E-state index in [0.29, 0.717) is 40.8 Å². The predicted octanol–water partition coefficient (Wildman–Crippen LogP) is 3.58. The van der Waals surface area contributed by atoms with E-state index in [2.05, 4.69) is 9.97 Å². The quantitative estimate of drug-likeness (QED) is 0.426. The average molecular weight is 436 g/mol. The van der Waals surface area contributed by atoms with Crippen LogP contribution in [0.1, 0.15) is 16.9 Å². The molecule has 2 heterocycles. The van der Waals surface area contributed by atoms with Crippen molar-refractivity contribution >= 4 is 22.7 Å². The molecule has 0 aliphatic rings. The minimum absolute atomic E-state index is 0.130. The number of fused-ring (bicyclic) bond motifs is 1. The highest BCUT2D eigenvalue weighted by atomic mass is 16.5. The van der Waals surface area contributed by atoms with Gasteiger partial charge in [-0.3, -0.25) is 0 Å². The third-order valence-electron chi connectivity index (χ3n) is 5.03. The normalized spacial score (nSPS) is 10.8. The van der Waals surface area contributed by atoms with Crippen LogP contribution < -0.4 is 30.4 Å². The maximum absolute atomic E-state index is 6.09. The number of anilines is 2. The van der Waals surface area contributed by atoms with Gasteiger partial charge in [0.15, 0.2) is 11.3 Å². The summed E-state index contributed by atoms with van der Waals surface area (Å²) in [6.07, 6.45) is 2.08. The van der Waals surface area contributed by atoms with Gasteiger partial charge in [0, 0.05) is 23.6 Å². The number of aromatic nitrogens is 2. The van der Waals surface area contributed by atoms with Crippen LogP contribution >= 0.6 is 0 Å². The lowest BCUT2D eigenvalue weighted by molar-refractivity contribution is 0.272. The van der Waals surface area contributed by atoms with E-state index < -0.39 is 0 Å². The lowest BCUT2D eigenvalue weighted by atomic mass is 10.0. The zero-order valence-corrected chi connectivity index (χ0v) is 18.0. The molecule has 0 unspecified atom stereocenters. The second-order valence-corrected chi connectivity index (χ2v) is 7.01. The van der Waals surface area contributed by atoms with Gasteiger partial charge in [0.2, 0.25) is 11.7 Å². The maximum Gasteiger partial charge on any atom is 0.221 e. The van der Waals surface area contributed by atoms with Crippen LogP contribution in [0.2, 0.25) is 0 Å². The van der Waals surface area contributed by atoms with Gasteiger partial charge in [-0.05, 0) is 42.0 Å². The second kappa shape index (κ2) is 8.93. The van der Waals surface area contributed by atoms with Crippen molar-refractivity contribution in [2.75, 3.05) is 32.8 Å². The smallest absolute Gasteiger partial charge is 0.221 e. The van der Waals surface area contributed by atoms with Crippen molar-refractivity contribution in [2.45, 2.75) is 13.0 Å². The molecule has 0 atom stereocenters. The van der Waals surface area contributed by atoms with Crippen LogP contribution in [0.25, 0.3) is 11.0 Å². The Kier molecular flexibility index (Phi) is 5.89. The Bertz CT molecular complexity index is 1240. The first-order valence-corrected chi connectivity index (χ1v) is 9.82. The van der Waals surface area contributed by atoms with Gasteiger partial charge in [-0.2, -0.15) is 4.98 Å².